The second-order valence-electron chi connectivity index (χ2n) is 5.50. The van der Waals surface area contributed by atoms with Crippen LogP contribution in [0, 0.1) is 18.3 Å². The summed E-state index contributed by atoms with van der Waals surface area (Å²) in [5.74, 6) is 0.304. The quantitative estimate of drug-likeness (QED) is 0.587. The van der Waals surface area contributed by atoms with E-state index in [0.717, 1.165) is 23.3 Å². The van der Waals surface area contributed by atoms with Crippen molar-refractivity contribution in [3.63, 3.8) is 0 Å². The van der Waals surface area contributed by atoms with Crippen LogP contribution in [-0.4, -0.2) is 12.5 Å². The lowest BCUT2D eigenvalue weighted by Gasteiger charge is -2.08. The number of nitrogens with one attached hydrogen (secondary N) is 1. The maximum absolute atomic E-state index is 12.3. The van der Waals surface area contributed by atoms with Crippen molar-refractivity contribution in [2.75, 3.05) is 11.9 Å². The molecule has 0 aliphatic carbocycles. The highest BCUT2D eigenvalue weighted by Gasteiger charge is 2.11. The number of hydrogen-bond donors (Lipinski definition) is 1. The van der Waals surface area contributed by atoms with Gasteiger partial charge in [-0.3, -0.25) is 4.79 Å². The molecule has 2 aromatic rings. The highest BCUT2D eigenvalue weighted by Crippen LogP contribution is 2.21. The van der Waals surface area contributed by atoms with E-state index >= 15 is 0 Å². The Hall–Kier alpha value is -2.77. The first-order valence-corrected chi connectivity index (χ1v) is 8.33. The van der Waals surface area contributed by atoms with Crippen molar-refractivity contribution in [3.8, 4) is 11.8 Å². The molecule has 128 valence electrons. The van der Waals surface area contributed by atoms with Crippen LogP contribution in [0.3, 0.4) is 0 Å². The molecule has 0 aliphatic heterocycles. The van der Waals surface area contributed by atoms with Gasteiger partial charge in [0.1, 0.15) is 17.4 Å². The van der Waals surface area contributed by atoms with Gasteiger partial charge in [-0.2, -0.15) is 5.26 Å². The van der Waals surface area contributed by atoms with Crippen LogP contribution < -0.4 is 10.1 Å². The van der Waals surface area contributed by atoms with Crippen LogP contribution in [0.2, 0.25) is 5.02 Å². The Bertz CT molecular complexity index is 821. The molecule has 1 N–H and O–H groups in total. The monoisotopic (exact) mass is 354 g/mol. The Morgan fingerprint density at radius 3 is 2.60 bits per heavy atom. The predicted octanol–water partition coefficient (Wildman–Crippen LogP) is 4.98. The molecule has 2 rings (SSSR count). The van der Waals surface area contributed by atoms with E-state index in [2.05, 4.69) is 5.32 Å². The second-order valence-corrected chi connectivity index (χ2v) is 5.94. The molecule has 2 aromatic carbocycles. The summed E-state index contributed by atoms with van der Waals surface area (Å²) in [6, 6.07) is 14.3. The molecule has 0 aromatic heterocycles. The van der Waals surface area contributed by atoms with E-state index in [-0.39, 0.29) is 5.57 Å². The van der Waals surface area contributed by atoms with Gasteiger partial charge in [-0.05, 0) is 60.9 Å². The Morgan fingerprint density at radius 2 is 2.00 bits per heavy atom. The number of ether oxygens (including phenoxy) is 1. The number of anilines is 1. The van der Waals surface area contributed by atoms with Crippen molar-refractivity contribution in [2.45, 2.75) is 20.3 Å². The van der Waals surface area contributed by atoms with Crippen LogP contribution in [0.25, 0.3) is 6.08 Å². The van der Waals surface area contributed by atoms with Crippen LogP contribution in [0.15, 0.2) is 48.0 Å². The molecule has 0 saturated heterocycles. The van der Waals surface area contributed by atoms with Crippen LogP contribution in [0.5, 0.6) is 5.75 Å². The van der Waals surface area contributed by atoms with Crippen molar-refractivity contribution in [1.29, 1.82) is 5.26 Å². The summed E-state index contributed by atoms with van der Waals surface area (Å²) in [5.41, 5.74) is 2.23. The maximum atomic E-state index is 12.3. The van der Waals surface area contributed by atoms with E-state index in [1.807, 2.05) is 44.2 Å². The van der Waals surface area contributed by atoms with Crippen LogP contribution in [0.4, 0.5) is 5.69 Å². The smallest absolute Gasteiger partial charge is 0.266 e. The number of amides is 1. The topological polar surface area (TPSA) is 62.1 Å². The average Bonchev–Trinajstić information content (AvgIpc) is 2.61. The lowest BCUT2D eigenvalue weighted by atomic mass is 10.1. The van der Waals surface area contributed by atoms with E-state index in [1.54, 1.807) is 24.3 Å². The van der Waals surface area contributed by atoms with Crippen LogP contribution in [0.1, 0.15) is 24.5 Å². The number of rotatable bonds is 6. The summed E-state index contributed by atoms with van der Waals surface area (Å²) in [6.45, 7) is 4.53. The zero-order valence-electron chi connectivity index (χ0n) is 14.2. The van der Waals surface area contributed by atoms with Crippen molar-refractivity contribution < 1.29 is 9.53 Å². The number of carbonyl (C=O) groups excluding carboxylic acids is 1. The highest BCUT2D eigenvalue weighted by atomic mass is 35.5. The highest BCUT2D eigenvalue weighted by molar-refractivity contribution is 6.30. The van der Waals surface area contributed by atoms with Gasteiger partial charge in [-0.15, -0.1) is 0 Å². The number of nitriles is 1. The third-order valence-corrected chi connectivity index (χ3v) is 3.70. The standard InChI is InChI=1S/C20H19ClN2O2/c1-3-10-25-18-7-4-15(5-8-18)12-16(13-22)20(24)23-19-9-6-17(21)11-14(19)2/h4-9,11-12H,3,10H2,1-2H3,(H,23,24)/b16-12+. The fourth-order valence-corrected chi connectivity index (χ4v) is 2.38. The van der Waals surface area contributed by atoms with E-state index in [0.29, 0.717) is 17.3 Å². The van der Waals surface area contributed by atoms with Crippen LogP contribution >= 0.6 is 11.6 Å². The molecule has 0 bridgehead atoms. The van der Waals surface area contributed by atoms with Gasteiger partial charge in [0.2, 0.25) is 0 Å². The molecule has 5 heteroatoms. The third kappa shape index (κ3) is 5.37. The molecule has 0 fully saturated rings. The lowest BCUT2D eigenvalue weighted by molar-refractivity contribution is -0.112. The lowest BCUT2D eigenvalue weighted by Crippen LogP contribution is -2.14. The Kier molecular flexibility index (Phi) is 6.62. The molecule has 0 saturated carbocycles. The SMILES string of the molecule is CCCOc1ccc(/C=C(\C#N)C(=O)Nc2ccc(Cl)cc2C)cc1. The molecule has 0 spiro atoms. The fourth-order valence-electron chi connectivity index (χ4n) is 2.15. The Balaban J connectivity index is 2.13. The van der Waals surface area contributed by atoms with Crippen molar-refractivity contribution >= 4 is 29.3 Å². The van der Waals surface area contributed by atoms with Crippen molar-refractivity contribution in [3.05, 3.63) is 64.2 Å². The minimum absolute atomic E-state index is 0.0246. The average molecular weight is 355 g/mol. The maximum Gasteiger partial charge on any atom is 0.266 e. The summed E-state index contributed by atoms with van der Waals surface area (Å²) < 4.78 is 5.51. The first-order chi connectivity index (χ1) is 12.0. The van der Waals surface area contributed by atoms with Gasteiger partial charge >= 0.3 is 0 Å². The summed E-state index contributed by atoms with van der Waals surface area (Å²) in [5, 5.41) is 12.6. The zero-order valence-corrected chi connectivity index (χ0v) is 14.9. The number of nitrogens with zero attached hydrogens (tertiary/aromatic N) is 1. The number of benzene rings is 2. The number of halogens is 1. The number of aryl methyl sites for hydroxylation is 1. The van der Waals surface area contributed by atoms with Gasteiger partial charge in [-0.25, -0.2) is 0 Å². The van der Waals surface area contributed by atoms with Crippen LogP contribution in [-0.2, 0) is 4.79 Å². The molecule has 0 aliphatic rings. The van der Waals surface area contributed by atoms with Crippen molar-refractivity contribution in [1.82, 2.24) is 0 Å². The molecule has 0 unspecified atom stereocenters. The summed E-state index contributed by atoms with van der Waals surface area (Å²) in [7, 11) is 0. The summed E-state index contributed by atoms with van der Waals surface area (Å²) >= 11 is 5.91. The minimum atomic E-state index is -0.459. The number of carbonyl (C=O) groups is 1. The molecule has 1 amide bonds. The Labute approximate surface area is 152 Å². The van der Waals surface area contributed by atoms with E-state index in [1.165, 1.54) is 0 Å². The van der Waals surface area contributed by atoms with Gasteiger partial charge < -0.3 is 10.1 Å². The van der Waals surface area contributed by atoms with Gasteiger partial charge in [0, 0.05) is 10.7 Å². The zero-order chi connectivity index (χ0) is 18.2. The number of hydrogen-bond acceptors (Lipinski definition) is 3. The van der Waals surface area contributed by atoms with E-state index < -0.39 is 5.91 Å². The Morgan fingerprint density at radius 1 is 1.28 bits per heavy atom. The van der Waals surface area contributed by atoms with Gasteiger partial charge in [0.15, 0.2) is 0 Å². The third-order valence-electron chi connectivity index (χ3n) is 3.47. The minimum Gasteiger partial charge on any atom is -0.494 e. The van der Waals surface area contributed by atoms with Gasteiger partial charge in [-0.1, -0.05) is 30.7 Å². The molecular weight excluding hydrogens is 336 g/mol. The molecule has 0 radical (unpaired) electrons. The molecule has 0 heterocycles. The largest absolute Gasteiger partial charge is 0.494 e. The van der Waals surface area contributed by atoms with E-state index in [4.69, 9.17) is 16.3 Å². The van der Waals surface area contributed by atoms with E-state index in [9.17, 15) is 10.1 Å². The normalized spacial score (nSPS) is 10.9. The first-order valence-electron chi connectivity index (χ1n) is 7.95. The molecule has 25 heavy (non-hydrogen) atoms. The second kappa shape index (κ2) is 8.91. The van der Waals surface area contributed by atoms with Gasteiger partial charge in [0.05, 0.1) is 6.61 Å². The molecule has 4 nitrogen and oxygen atoms in total. The first kappa shape index (κ1) is 18.6. The molecule has 0 atom stereocenters. The predicted molar refractivity (Wildman–Crippen MR) is 101 cm³/mol. The summed E-state index contributed by atoms with van der Waals surface area (Å²) in [4.78, 5) is 12.3. The molecular formula is C20H19ClN2O2. The summed E-state index contributed by atoms with van der Waals surface area (Å²) in [6.07, 6.45) is 2.48. The fraction of sp³-hybridized carbons (Fsp3) is 0.200. The van der Waals surface area contributed by atoms with Crippen molar-refractivity contribution in [2.24, 2.45) is 0 Å². The van der Waals surface area contributed by atoms with Gasteiger partial charge in [0.25, 0.3) is 5.91 Å².